The van der Waals surface area contributed by atoms with Crippen molar-refractivity contribution in [3.63, 3.8) is 0 Å². The number of ether oxygens (including phenoxy) is 1. The highest BCUT2D eigenvalue weighted by Crippen LogP contribution is 2.14. The third-order valence-corrected chi connectivity index (χ3v) is 2.49. The van der Waals surface area contributed by atoms with Gasteiger partial charge in [-0.1, -0.05) is 6.08 Å². The van der Waals surface area contributed by atoms with Crippen molar-refractivity contribution in [1.29, 1.82) is 0 Å². The summed E-state index contributed by atoms with van der Waals surface area (Å²) >= 11 is 0. The van der Waals surface area contributed by atoms with Gasteiger partial charge in [-0.15, -0.1) is 6.58 Å². The molecule has 0 rings (SSSR count). The molecule has 20 heavy (non-hydrogen) atoms. The van der Waals surface area contributed by atoms with Crippen LogP contribution in [0, 0.1) is 0 Å². The second-order valence-electron chi connectivity index (χ2n) is 4.35. The van der Waals surface area contributed by atoms with Crippen molar-refractivity contribution < 1.29 is 17.9 Å². The van der Waals surface area contributed by atoms with Crippen LogP contribution < -0.4 is 5.32 Å². The van der Waals surface area contributed by atoms with Gasteiger partial charge in [-0.25, -0.2) is 0 Å². The Morgan fingerprint density at radius 2 is 2.10 bits per heavy atom. The van der Waals surface area contributed by atoms with Crippen molar-refractivity contribution in [2.24, 2.45) is 4.99 Å². The number of nitrogens with zero attached hydrogens (tertiary/aromatic N) is 2. The molecule has 0 radical (unpaired) electrons. The number of unbranched alkanes of at least 4 members (excludes halogenated alkanes) is 1. The van der Waals surface area contributed by atoms with Gasteiger partial charge in [0.15, 0.2) is 5.96 Å². The van der Waals surface area contributed by atoms with Crippen molar-refractivity contribution in [1.82, 2.24) is 10.2 Å². The van der Waals surface area contributed by atoms with E-state index in [1.807, 2.05) is 18.0 Å². The lowest BCUT2D eigenvalue weighted by atomic mass is 10.3. The molecule has 1 N–H and O–H groups in total. The molecule has 0 unspecified atom stereocenters. The Labute approximate surface area is 118 Å². The Hall–Kier alpha value is -1.24. The van der Waals surface area contributed by atoms with Crippen LogP contribution in [0.4, 0.5) is 13.2 Å². The molecule has 0 aliphatic heterocycles. The Bertz CT molecular complexity index is 293. The summed E-state index contributed by atoms with van der Waals surface area (Å²) in [6.45, 7) is 3.91. The van der Waals surface area contributed by atoms with Gasteiger partial charge >= 0.3 is 6.18 Å². The first-order chi connectivity index (χ1) is 9.40. The molecule has 7 heteroatoms. The van der Waals surface area contributed by atoms with Crippen LogP contribution in [0.2, 0.25) is 0 Å². The molecule has 0 spiro atoms. The van der Waals surface area contributed by atoms with Crippen molar-refractivity contribution in [3.8, 4) is 0 Å². The van der Waals surface area contributed by atoms with Crippen molar-refractivity contribution in [3.05, 3.63) is 12.7 Å². The van der Waals surface area contributed by atoms with Gasteiger partial charge in [0.1, 0.15) is 6.61 Å². The molecule has 118 valence electrons. The fourth-order valence-electron chi connectivity index (χ4n) is 1.53. The Morgan fingerprint density at radius 1 is 1.40 bits per heavy atom. The maximum Gasteiger partial charge on any atom is 0.411 e. The molecule has 0 saturated heterocycles. The van der Waals surface area contributed by atoms with E-state index in [0.29, 0.717) is 13.0 Å². The predicted molar refractivity (Wildman–Crippen MR) is 74.9 cm³/mol. The van der Waals surface area contributed by atoms with Gasteiger partial charge in [0.25, 0.3) is 0 Å². The van der Waals surface area contributed by atoms with E-state index in [2.05, 4.69) is 21.6 Å². The minimum Gasteiger partial charge on any atom is -0.372 e. The van der Waals surface area contributed by atoms with Gasteiger partial charge in [-0.05, 0) is 19.3 Å². The number of nitrogens with one attached hydrogen (secondary N) is 1. The smallest absolute Gasteiger partial charge is 0.372 e. The van der Waals surface area contributed by atoms with E-state index >= 15 is 0 Å². The maximum atomic E-state index is 11.8. The van der Waals surface area contributed by atoms with Crippen LogP contribution >= 0.6 is 0 Å². The highest BCUT2D eigenvalue weighted by atomic mass is 19.4. The molecule has 0 aliphatic rings. The molecule has 0 amide bonds. The zero-order valence-electron chi connectivity index (χ0n) is 12.2. The summed E-state index contributed by atoms with van der Waals surface area (Å²) in [4.78, 5) is 6.08. The molecule has 0 aromatic heterocycles. The van der Waals surface area contributed by atoms with Crippen molar-refractivity contribution in [2.45, 2.75) is 25.4 Å². The summed E-state index contributed by atoms with van der Waals surface area (Å²) in [5.41, 5.74) is 0. The van der Waals surface area contributed by atoms with Crippen LogP contribution in [-0.4, -0.2) is 57.4 Å². The predicted octanol–water partition coefficient (Wildman–Crippen LogP) is 2.43. The summed E-state index contributed by atoms with van der Waals surface area (Å²) in [6, 6.07) is 0. The minimum atomic E-state index is -4.26. The summed E-state index contributed by atoms with van der Waals surface area (Å²) < 4.78 is 40.0. The third-order valence-electron chi connectivity index (χ3n) is 2.49. The summed E-state index contributed by atoms with van der Waals surface area (Å²) in [5.74, 6) is 0.727. The van der Waals surface area contributed by atoms with Crippen LogP contribution in [-0.2, 0) is 4.74 Å². The second kappa shape index (κ2) is 10.5. The average Bonchev–Trinajstić information content (AvgIpc) is 2.37. The van der Waals surface area contributed by atoms with Gasteiger partial charge in [0.2, 0.25) is 0 Å². The van der Waals surface area contributed by atoms with E-state index in [4.69, 9.17) is 0 Å². The molecular weight excluding hydrogens is 271 g/mol. The summed E-state index contributed by atoms with van der Waals surface area (Å²) in [5, 5.41) is 3.08. The van der Waals surface area contributed by atoms with Gasteiger partial charge in [0, 0.05) is 33.8 Å². The van der Waals surface area contributed by atoms with Crippen LogP contribution in [0.1, 0.15) is 19.3 Å². The third kappa shape index (κ3) is 10.7. The molecule has 0 fully saturated rings. The Balaban J connectivity index is 3.72. The molecule has 0 aromatic carbocycles. The molecular formula is C13H24F3N3O. The van der Waals surface area contributed by atoms with Gasteiger partial charge in [0.05, 0.1) is 0 Å². The zero-order chi connectivity index (χ0) is 15.4. The zero-order valence-corrected chi connectivity index (χ0v) is 12.2. The SMILES string of the molecule is C=CCCCN(C)C(=NC)NCCCOCC(F)(F)F. The molecule has 0 heterocycles. The van der Waals surface area contributed by atoms with Crippen LogP contribution in [0.25, 0.3) is 0 Å². The molecule has 0 aliphatic carbocycles. The number of guanidine groups is 1. The van der Waals surface area contributed by atoms with Crippen molar-refractivity contribution >= 4 is 5.96 Å². The molecule has 0 saturated carbocycles. The summed E-state index contributed by atoms with van der Waals surface area (Å²) in [7, 11) is 3.59. The fourth-order valence-corrected chi connectivity index (χ4v) is 1.53. The Morgan fingerprint density at radius 3 is 2.65 bits per heavy atom. The lowest BCUT2D eigenvalue weighted by Gasteiger charge is -2.21. The number of rotatable bonds is 9. The minimum absolute atomic E-state index is 0.0731. The Kier molecular flexibility index (Phi) is 9.88. The highest BCUT2D eigenvalue weighted by molar-refractivity contribution is 5.79. The molecule has 4 nitrogen and oxygen atoms in total. The second-order valence-corrected chi connectivity index (χ2v) is 4.35. The summed E-state index contributed by atoms with van der Waals surface area (Å²) in [6.07, 6.45) is 0.0223. The van der Waals surface area contributed by atoms with E-state index < -0.39 is 12.8 Å². The fraction of sp³-hybridized carbons (Fsp3) is 0.769. The van der Waals surface area contributed by atoms with Crippen LogP contribution in [0.5, 0.6) is 0 Å². The lowest BCUT2D eigenvalue weighted by Crippen LogP contribution is -2.40. The highest BCUT2D eigenvalue weighted by Gasteiger charge is 2.27. The van der Waals surface area contributed by atoms with Crippen molar-refractivity contribution in [2.75, 3.05) is 40.4 Å². The largest absolute Gasteiger partial charge is 0.411 e. The topological polar surface area (TPSA) is 36.9 Å². The molecule has 0 bridgehead atoms. The van der Waals surface area contributed by atoms with E-state index in [0.717, 1.165) is 25.3 Å². The van der Waals surface area contributed by atoms with E-state index in [1.54, 1.807) is 7.05 Å². The number of halogens is 3. The molecule has 0 atom stereocenters. The molecule has 0 aromatic rings. The average molecular weight is 295 g/mol. The van der Waals surface area contributed by atoms with Crippen LogP contribution in [0.3, 0.4) is 0 Å². The number of alkyl halides is 3. The van der Waals surface area contributed by atoms with Gasteiger partial charge in [-0.2, -0.15) is 13.2 Å². The van der Waals surface area contributed by atoms with E-state index in [9.17, 15) is 13.2 Å². The van der Waals surface area contributed by atoms with E-state index in [-0.39, 0.29) is 6.61 Å². The quantitative estimate of drug-likeness (QED) is 0.307. The first-order valence-electron chi connectivity index (χ1n) is 6.58. The van der Waals surface area contributed by atoms with Gasteiger partial charge < -0.3 is 15.0 Å². The normalized spacial score (nSPS) is 12.3. The number of aliphatic imine (C=N–C) groups is 1. The van der Waals surface area contributed by atoms with E-state index in [1.165, 1.54) is 0 Å². The first-order valence-corrected chi connectivity index (χ1v) is 6.58. The number of hydrogen-bond acceptors (Lipinski definition) is 2. The number of allylic oxidation sites excluding steroid dienone is 1. The standard InChI is InChI=1S/C13H24F3N3O/c1-4-5-6-9-19(3)12(17-2)18-8-7-10-20-11-13(14,15)16/h4H,1,5-11H2,2-3H3,(H,17,18). The lowest BCUT2D eigenvalue weighted by molar-refractivity contribution is -0.173. The first kappa shape index (κ1) is 18.8. The number of hydrogen-bond donors (Lipinski definition) is 1. The van der Waals surface area contributed by atoms with Gasteiger partial charge in [-0.3, -0.25) is 4.99 Å². The van der Waals surface area contributed by atoms with Crippen LogP contribution in [0.15, 0.2) is 17.6 Å². The maximum absolute atomic E-state index is 11.8. The monoisotopic (exact) mass is 295 g/mol.